The highest BCUT2D eigenvalue weighted by molar-refractivity contribution is 6.21. The molecule has 0 aliphatic rings. The first-order chi connectivity index (χ1) is 20.9. The van der Waals surface area contributed by atoms with Crippen LogP contribution in [0.25, 0.3) is 76.8 Å². The third-order valence-electron chi connectivity index (χ3n) is 8.49. The molecule has 196 valence electrons. The topological polar surface area (TPSA) is 0 Å². The second-order valence-corrected chi connectivity index (χ2v) is 10.9. The largest absolute Gasteiger partial charge is 0.0622 e. The molecule has 0 saturated heterocycles. The molecule has 0 radical (unpaired) electrons. The van der Waals surface area contributed by atoms with Gasteiger partial charge in [0, 0.05) is 0 Å². The molecule has 0 saturated carbocycles. The molecule has 0 amide bonds. The van der Waals surface area contributed by atoms with Crippen LogP contribution in [0.2, 0.25) is 0 Å². The lowest BCUT2D eigenvalue weighted by molar-refractivity contribution is 1.59. The smallest absolute Gasteiger partial charge is 0.00264 e. The molecule has 0 aliphatic heterocycles. The third-order valence-corrected chi connectivity index (χ3v) is 8.49. The highest BCUT2D eigenvalue weighted by Gasteiger charge is 2.17. The van der Waals surface area contributed by atoms with Gasteiger partial charge >= 0.3 is 0 Å². The average molecular weight is 533 g/mol. The van der Waals surface area contributed by atoms with Crippen molar-refractivity contribution in [1.82, 2.24) is 0 Å². The zero-order chi connectivity index (χ0) is 27.9. The number of rotatable bonds is 4. The Hall–Kier alpha value is -5.46. The summed E-state index contributed by atoms with van der Waals surface area (Å²) in [7, 11) is 0. The van der Waals surface area contributed by atoms with Gasteiger partial charge in [0.2, 0.25) is 0 Å². The molecule has 0 heterocycles. The van der Waals surface area contributed by atoms with Crippen LogP contribution in [0.3, 0.4) is 0 Å². The molecule has 0 spiro atoms. The fraction of sp³-hybridized carbons (Fsp3) is 0. The Kier molecular flexibility index (Phi) is 5.90. The number of benzene rings is 8. The van der Waals surface area contributed by atoms with E-state index in [2.05, 4.69) is 170 Å². The van der Waals surface area contributed by atoms with E-state index in [4.69, 9.17) is 0 Å². The molecule has 8 rings (SSSR count). The van der Waals surface area contributed by atoms with Gasteiger partial charge in [-0.05, 0) is 76.8 Å². The van der Waals surface area contributed by atoms with E-state index in [1.807, 2.05) is 0 Å². The summed E-state index contributed by atoms with van der Waals surface area (Å²) < 4.78 is 0. The molecule has 0 bridgehead atoms. The summed E-state index contributed by atoms with van der Waals surface area (Å²) in [5, 5.41) is 7.65. The first kappa shape index (κ1) is 24.3. The van der Waals surface area contributed by atoms with Crippen molar-refractivity contribution >= 4 is 32.3 Å². The zero-order valence-electron chi connectivity index (χ0n) is 23.2. The summed E-state index contributed by atoms with van der Waals surface area (Å²) in [6.45, 7) is 0. The van der Waals surface area contributed by atoms with E-state index in [1.165, 1.54) is 76.8 Å². The van der Waals surface area contributed by atoms with E-state index in [0.29, 0.717) is 0 Å². The van der Waals surface area contributed by atoms with Gasteiger partial charge in [0.05, 0.1) is 0 Å². The van der Waals surface area contributed by atoms with Gasteiger partial charge in [-0.1, -0.05) is 170 Å². The molecule has 42 heavy (non-hydrogen) atoms. The number of hydrogen-bond donors (Lipinski definition) is 0. The van der Waals surface area contributed by atoms with Gasteiger partial charge in [-0.3, -0.25) is 0 Å². The van der Waals surface area contributed by atoms with E-state index in [-0.39, 0.29) is 0 Å². The first-order valence-electron chi connectivity index (χ1n) is 14.5. The van der Waals surface area contributed by atoms with Crippen molar-refractivity contribution in [3.63, 3.8) is 0 Å². The highest BCUT2D eigenvalue weighted by Crippen LogP contribution is 2.44. The Morgan fingerprint density at radius 3 is 1.24 bits per heavy atom. The van der Waals surface area contributed by atoms with Crippen LogP contribution < -0.4 is 0 Å². The van der Waals surface area contributed by atoms with E-state index < -0.39 is 0 Å². The van der Waals surface area contributed by atoms with Crippen molar-refractivity contribution in [1.29, 1.82) is 0 Å². The molecule has 0 unspecified atom stereocenters. The van der Waals surface area contributed by atoms with Gasteiger partial charge in [0.25, 0.3) is 0 Å². The predicted molar refractivity (Wildman–Crippen MR) is 181 cm³/mol. The monoisotopic (exact) mass is 532 g/mol. The Morgan fingerprint density at radius 2 is 0.619 bits per heavy atom. The average Bonchev–Trinajstić information content (AvgIpc) is 3.07. The Labute approximate surface area is 246 Å². The minimum absolute atomic E-state index is 1.22. The van der Waals surface area contributed by atoms with E-state index in [1.54, 1.807) is 0 Å². The van der Waals surface area contributed by atoms with Crippen LogP contribution in [-0.2, 0) is 0 Å². The Balaban J connectivity index is 1.31. The van der Waals surface area contributed by atoms with Crippen LogP contribution in [0.4, 0.5) is 0 Å². The molecule has 0 aromatic heterocycles. The van der Waals surface area contributed by atoms with Crippen molar-refractivity contribution in [3.8, 4) is 44.5 Å². The highest BCUT2D eigenvalue weighted by atomic mass is 14.2. The molecule has 0 N–H and O–H groups in total. The Bertz CT molecular complexity index is 2160. The fourth-order valence-corrected chi connectivity index (χ4v) is 6.60. The molecule has 8 aromatic rings. The lowest BCUT2D eigenvalue weighted by Gasteiger charge is -2.18. The fourth-order valence-electron chi connectivity index (χ4n) is 6.60. The van der Waals surface area contributed by atoms with Gasteiger partial charge in [-0.15, -0.1) is 0 Å². The quantitative estimate of drug-likeness (QED) is 0.198. The lowest BCUT2D eigenvalue weighted by Crippen LogP contribution is -1.91. The van der Waals surface area contributed by atoms with Crippen molar-refractivity contribution < 1.29 is 0 Å². The molecule has 0 atom stereocenters. The van der Waals surface area contributed by atoms with Gasteiger partial charge in [0.1, 0.15) is 0 Å². The summed E-state index contributed by atoms with van der Waals surface area (Å²) in [6, 6.07) is 61.6. The number of hydrogen-bond acceptors (Lipinski definition) is 0. The maximum Gasteiger partial charge on any atom is -0.00264 e. The van der Waals surface area contributed by atoms with Crippen molar-refractivity contribution in [2.45, 2.75) is 0 Å². The molecule has 0 fully saturated rings. The summed E-state index contributed by atoms with van der Waals surface area (Å²) >= 11 is 0. The second-order valence-electron chi connectivity index (χ2n) is 10.9. The number of fused-ring (bicyclic) bond motifs is 3. The molecular formula is C42H28. The third kappa shape index (κ3) is 4.00. The normalized spacial score (nSPS) is 11.3. The minimum Gasteiger partial charge on any atom is -0.0622 e. The molecule has 0 heteroatoms. The van der Waals surface area contributed by atoms with E-state index in [0.717, 1.165) is 0 Å². The molecule has 8 aromatic carbocycles. The van der Waals surface area contributed by atoms with Crippen molar-refractivity contribution in [2.75, 3.05) is 0 Å². The summed E-state index contributed by atoms with van der Waals surface area (Å²) in [5.41, 5.74) is 10.0. The van der Waals surface area contributed by atoms with Gasteiger partial charge in [-0.2, -0.15) is 0 Å². The second kappa shape index (κ2) is 10.2. The predicted octanol–water partition coefficient (Wildman–Crippen LogP) is 11.8. The maximum atomic E-state index is 2.30. The standard InChI is InChI=1S/C42H28/c1-2-14-31(15-3-1)41-37-20-8-10-22-39(37)42(40-23-11-9-21-38(40)41)32-27-25-30(26-28-32)34-18-6-7-19-35(34)36-24-12-16-29-13-4-5-17-33(29)36/h1-28H. The van der Waals surface area contributed by atoms with Crippen molar-refractivity contribution in [3.05, 3.63) is 170 Å². The summed E-state index contributed by atoms with van der Waals surface area (Å²) in [6.07, 6.45) is 0. The molecular weight excluding hydrogens is 504 g/mol. The van der Waals surface area contributed by atoms with Crippen LogP contribution in [-0.4, -0.2) is 0 Å². The van der Waals surface area contributed by atoms with Crippen LogP contribution >= 0.6 is 0 Å². The van der Waals surface area contributed by atoms with E-state index in [9.17, 15) is 0 Å². The van der Waals surface area contributed by atoms with Crippen LogP contribution in [0.1, 0.15) is 0 Å². The van der Waals surface area contributed by atoms with Gasteiger partial charge < -0.3 is 0 Å². The first-order valence-corrected chi connectivity index (χ1v) is 14.5. The SMILES string of the molecule is c1ccc(-c2c3ccccc3c(-c3ccc(-c4ccccc4-c4cccc5ccccc45)cc3)c3ccccc23)cc1. The van der Waals surface area contributed by atoms with Crippen LogP contribution in [0, 0.1) is 0 Å². The Morgan fingerprint density at radius 1 is 0.214 bits per heavy atom. The summed E-state index contributed by atoms with van der Waals surface area (Å²) in [5.74, 6) is 0. The molecule has 0 aliphatic carbocycles. The van der Waals surface area contributed by atoms with Crippen LogP contribution in [0.5, 0.6) is 0 Å². The van der Waals surface area contributed by atoms with Gasteiger partial charge in [-0.25, -0.2) is 0 Å². The maximum absolute atomic E-state index is 2.30. The zero-order valence-corrected chi connectivity index (χ0v) is 23.2. The summed E-state index contributed by atoms with van der Waals surface area (Å²) in [4.78, 5) is 0. The van der Waals surface area contributed by atoms with Crippen molar-refractivity contribution in [2.24, 2.45) is 0 Å². The van der Waals surface area contributed by atoms with E-state index >= 15 is 0 Å². The van der Waals surface area contributed by atoms with Gasteiger partial charge in [0.15, 0.2) is 0 Å². The lowest BCUT2D eigenvalue weighted by atomic mass is 9.85. The minimum atomic E-state index is 1.22. The molecule has 0 nitrogen and oxygen atoms in total. The van der Waals surface area contributed by atoms with Crippen LogP contribution in [0.15, 0.2) is 170 Å².